The average molecular weight is 333 g/mol. The van der Waals surface area contributed by atoms with E-state index in [1.165, 1.54) is 0 Å². The van der Waals surface area contributed by atoms with E-state index in [4.69, 9.17) is 4.74 Å². The smallest absolute Gasteiger partial charge is 0.244 e. The number of nitrogens with one attached hydrogen (secondary N) is 2. The molecule has 0 unspecified atom stereocenters. The summed E-state index contributed by atoms with van der Waals surface area (Å²) >= 11 is 3.36. The molecule has 0 atom stereocenters. The maximum atomic E-state index is 12.3. The number of hydrogen-bond acceptors (Lipinski definition) is 4. The Morgan fingerprint density at radius 2 is 2.00 bits per heavy atom. The van der Waals surface area contributed by atoms with Crippen molar-refractivity contribution in [2.75, 3.05) is 18.5 Å². The van der Waals surface area contributed by atoms with E-state index < -0.39 is 15.7 Å². The maximum absolute atomic E-state index is 12.3. The number of sulfonamides is 1. The summed E-state index contributed by atoms with van der Waals surface area (Å²) in [6.07, 6.45) is 1.25. The van der Waals surface area contributed by atoms with Gasteiger partial charge in [-0.15, -0.1) is 0 Å². The molecule has 1 aromatic rings. The average Bonchev–Trinajstić information content (AvgIpc) is 2.27. The first-order chi connectivity index (χ1) is 8.51. The van der Waals surface area contributed by atoms with Crippen LogP contribution in [-0.2, 0) is 14.8 Å². The lowest BCUT2D eigenvalue weighted by Gasteiger charge is -2.42. The normalized spacial score (nSPS) is 24.3. The van der Waals surface area contributed by atoms with Crippen LogP contribution in [-0.4, -0.2) is 27.3 Å². The van der Waals surface area contributed by atoms with Crippen LogP contribution in [0.1, 0.15) is 12.8 Å². The van der Waals surface area contributed by atoms with Crippen molar-refractivity contribution in [3.05, 3.63) is 22.7 Å². The van der Waals surface area contributed by atoms with Crippen LogP contribution < -0.4 is 10.0 Å². The van der Waals surface area contributed by atoms with Crippen LogP contribution in [0, 0.1) is 0 Å². The predicted octanol–water partition coefficient (Wildman–Crippen LogP) is 1.66. The topological polar surface area (TPSA) is 67.4 Å². The van der Waals surface area contributed by atoms with Gasteiger partial charge in [-0.25, -0.2) is 8.42 Å². The van der Waals surface area contributed by atoms with Crippen molar-refractivity contribution >= 4 is 31.6 Å². The Hall–Kier alpha value is -0.630. The maximum Gasteiger partial charge on any atom is 0.244 e. The highest BCUT2D eigenvalue weighted by atomic mass is 79.9. The second-order valence-corrected chi connectivity index (χ2v) is 7.13. The zero-order chi connectivity index (χ0) is 12.8. The standard InChI is InChI=1S/C11H13BrN2O3S/c12-8-1-2-10-9(7-8)13-11(14-18(10,15)16)3-5-17-6-4-11/h1-2,7,13-14H,3-6H2. The van der Waals surface area contributed by atoms with Gasteiger partial charge < -0.3 is 10.1 Å². The summed E-state index contributed by atoms with van der Waals surface area (Å²) in [6, 6.07) is 5.12. The summed E-state index contributed by atoms with van der Waals surface area (Å²) in [6.45, 7) is 1.11. The second kappa shape index (κ2) is 4.19. The molecule has 0 amide bonds. The molecule has 18 heavy (non-hydrogen) atoms. The summed E-state index contributed by atoms with van der Waals surface area (Å²) in [7, 11) is -3.46. The van der Waals surface area contributed by atoms with Gasteiger partial charge in [-0.3, -0.25) is 0 Å². The third-order valence-electron chi connectivity index (χ3n) is 3.28. The number of rotatable bonds is 0. The van der Waals surface area contributed by atoms with E-state index in [-0.39, 0.29) is 0 Å². The van der Waals surface area contributed by atoms with Crippen LogP contribution in [0.3, 0.4) is 0 Å². The van der Waals surface area contributed by atoms with Crippen molar-refractivity contribution in [1.29, 1.82) is 0 Å². The summed E-state index contributed by atoms with van der Waals surface area (Å²) in [5.74, 6) is 0. The van der Waals surface area contributed by atoms with Gasteiger partial charge in [-0.05, 0) is 18.2 Å². The second-order valence-electron chi connectivity index (χ2n) is 4.57. The van der Waals surface area contributed by atoms with Gasteiger partial charge in [0.25, 0.3) is 0 Å². The molecule has 2 heterocycles. The van der Waals surface area contributed by atoms with Crippen LogP contribution in [0.2, 0.25) is 0 Å². The van der Waals surface area contributed by atoms with Crippen molar-refractivity contribution in [3.63, 3.8) is 0 Å². The van der Waals surface area contributed by atoms with Crippen molar-refractivity contribution < 1.29 is 13.2 Å². The lowest BCUT2D eigenvalue weighted by Crippen LogP contribution is -2.59. The highest BCUT2D eigenvalue weighted by Crippen LogP contribution is 2.35. The Balaban J connectivity index is 2.08. The van der Waals surface area contributed by atoms with Gasteiger partial charge in [0.1, 0.15) is 10.6 Å². The molecule has 0 bridgehead atoms. The fourth-order valence-corrected chi connectivity index (χ4v) is 4.26. The van der Waals surface area contributed by atoms with Gasteiger partial charge in [0.05, 0.1) is 18.9 Å². The number of anilines is 1. The quantitative estimate of drug-likeness (QED) is 0.758. The molecule has 5 nitrogen and oxygen atoms in total. The number of halogens is 1. The molecule has 1 aromatic carbocycles. The summed E-state index contributed by atoms with van der Waals surface area (Å²) in [4.78, 5) is 0.294. The molecular weight excluding hydrogens is 320 g/mol. The lowest BCUT2D eigenvalue weighted by molar-refractivity contribution is 0.0561. The number of ether oxygens (including phenoxy) is 1. The summed E-state index contributed by atoms with van der Waals surface area (Å²) < 4.78 is 33.4. The minimum absolute atomic E-state index is 0.294. The van der Waals surface area contributed by atoms with Gasteiger partial charge >= 0.3 is 0 Å². The monoisotopic (exact) mass is 332 g/mol. The van der Waals surface area contributed by atoms with Crippen molar-refractivity contribution in [2.45, 2.75) is 23.4 Å². The predicted molar refractivity (Wildman–Crippen MR) is 70.9 cm³/mol. The molecule has 1 saturated heterocycles. The summed E-state index contributed by atoms with van der Waals surface area (Å²) in [5, 5.41) is 3.31. The molecule has 2 aliphatic heterocycles. The molecule has 0 saturated carbocycles. The molecule has 0 aromatic heterocycles. The molecule has 1 fully saturated rings. The first-order valence-corrected chi connectivity index (χ1v) is 7.98. The van der Waals surface area contributed by atoms with Gasteiger partial charge in [0.2, 0.25) is 10.0 Å². The lowest BCUT2D eigenvalue weighted by atomic mass is 10.0. The molecule has 0 radical (unpaired) electrons. The van der Waals surface area contributed by atoms with Gasteiger partial charge in [0, 0.05) is 17.3 Å². The van der Waals surface area contributed by atoms with E-state index in [0.717, 1.165) is 4.47 Å². The van der Waals surface area contributed by atoms with E-state index in [9.17, 15) is 8.42 Å². The third-order valence-corrected chi connectivity index (χ3v) is 5.37. The Morgan fingerprint density at radius 3 is 2.72 bits per heavy atom. The fraction of sp³-hybridized carbons (Fsp3) is 0.455. The first kappa shape index (κ1) is 12.4. The van der Waals surface area contributed by atoms with Crippen LogP contribution in [0.15, 0.2) is 27.6 Å². The Morgan fingerprint density at radius 1 is 1.28 bits per heavy atom. The van der Waals surface area contributed by atoms with Gasteiger partial charge in [0.15, 0.2) is 0 Å². The number of hydrogen-bond donors (Lipinski definition) is 2. The molecular formula is C11H13BrN2O3S. The van der Waals surface area contributed by atoms with E-state index in [0.29, 0.717) is 36.6 Å². The molecule has 0 aliphatic carbocycles. The first-order valence-electron chi connectivity index (χ1n) is 5.70. The van der Waals surface area contributed by atoms with E-state index >= 15 is 0 Å². The largest absolute Gasteiger partial charge is 0.381 e. The minimum atomic E-state index is -3.46. The summed E-state index contributed by atoms with van der Waals surface area (Å²) in [5.41, 5.74) is 0.0373. The molecule has 2 aliphatic rings. The van der Waals surface area contributed by atoms with Crippen molar-refractivity contribution in [3.8, 4) is 0 Å². The number of benzene rings is 1. The van der Waals surface area contributed by atoms with Crippen molar-refractivity contribution in [2.24, 2.45) is 0 Å². The van der Waals surface area contributed by atoms with Crippen molar-refractivity contribution in [1.82, 2.24) is 4.72 Å². The van der Waals surface area contributed by atoms with Crippen LogP contribution in [0.25, 0.3) is 0 Å². The molecule has 1 spiro atoms. The van der Waals surface area contributed by atoms with Gasteiger partial charge in [-0.1, -0.05) is 15.9 Å². The molecule has 98 valence electrons. The van der Waals surface area contributed by atoms with E-state index in [2.05, 4.69) is 26.0 Å². The van der Waals surface area contributed by atoms with Gasteiger partial charge in [-0.2, -0.15) is 4.72 Å². The SMILES string of the molecule is O=S1(=O)NC2(CCOCC2)Nc2cc(Br)ccc21. The number of fused-ring (bicyclic) bond motifs is 1. The molecule has 2 N–H and O–H groups in total. The Bertz CT molecular complexity index is 582. The van der Waals surface area contributed by atoms with Crippen LogP contribution in [0.5, 0.6) is 0 Å². The Labute approximate surface area is 114 Å². The highest BCUT2D eigenvalue weighted by molar-refractivity contribution is 9.10. The fourth-order valence-electron chi connectivity index (χ4n) is 2.38. The van der Waals surface area contributed by atoms with E-state index in [1.807, 2.05) is 0 Å². The molecule has 3 rings (SSSR count). The third kappa shape index (κ3) is 2.05. The zero-order valence-corrected chi connectivity index (χ0v) is 12.0. The molecule has 7 heteroatoms. The van der Waals surface area contributed by atoms with Crippen LogP contribution >= 0.6 is 15.9 Å². The zero-order valence-electron chi connectivity index (χ0n) is 9.57. The highest BCUT2D eigenvalue weighted by Gasteiger charge is 2.42. The minimum Gasteiger partial charge on any atom is -0.381 e. The van der Waals surface area contributed by atoms with E-state index in [1.54, 1.807) is 18.2 Å². The Kier molecular flexibility index (Phi) is 2.89. The van der Waals surface area contributed by atoms with Crippen LogP contribution in [0.4, 0.5) is 5.69 Å².